The summed E-state index contributed by atoms with van der Waals surface area (Å²) < 4.78 is 5.78. The molecule has 0 saturated carbocycles. The molecule has 1 amide bonds. The normalized spacial score (nSPS) is 10.5. The molecule has 0 aliphatic heterocycles. The largest absolute Gasteiger partial charge is 0.493 e. The van der Waals surface area contributed by atoms with Crippen LogP contribution < -0.4 is 10.1 Å². The van der Waals surface area contributed by atoms with Crippen molar-refractivity contribution in [2.45, 2.75) is 4.90 Å². The van der Waals surface area contributed by atoms with E-state index in [-0.39, 0.29) is 11.7 Å². The van der Waals surface area contributed by atoms with Gasteiger partial charge in [-0.05, 0) is 54.6 Å². The Kier molecular flexibility index (Phi) is 8.02. The summed E-state index contributed by atoms with van der Waals surface area (Å²) in [5.74, 6) is 0.976. The number of ketones is 1. The number of nitrogens with one attached hydrogen (secondary N) is 1. The minimum Gasteiger partial charge on any atom is -0.493 e. The predicted molar refractivity (Wildman–Crippen MR) is 138 cm³/mol. The highest BCUT2D eigenvalue weighted by Gasteiger charge is 2.17. The molecule has 0 atom stereocenters. The Morgan fingerprint density at radius 3 is 2.18 bits per heavy atom. The van der Waals surface area contributed by atoms with Gasteiger partial charge in [0.25, 0.3) is 5.91 Å². The van der Waals surface area contributed by atoms with Crippen molar-refractivity contribution in [3.63, 3.8) is 0 Å². The summed E-state index contributed by atoms with van der Waals surface area (Å²) in [6.07, 6.45) is 0. The molecule has 4 aromatic carbocycles. The summed E-state index contributed by atoms with van der Waals surface area (Å²) in [6.45, 7) is 0.556. The van der Waals surface area contributed by atoms with Crippen LogP contribution in [0.3, 0.4) is 0 Å². The second kappa shape index (κ2) is 11.5. The molecule has 4 nitrogen and oxygen atoms in total. The monoisotopic (exact) mass is 487 g/mol. The number of thioether (sulfide) groups is 1. The topological polar surface area (TPSA) is 55.4 Å². The molecule has 170 valence electrons. The zero-order chi connectivity index (χ0) is 23.8. The van der Waals surface area contributed by atoms with Crippen LogP contribution >= 0.6 is 23.4 Å². The number of halogens is 1. The van der Waals surface area contributed by atoms with E-state index in [1.807, 2.05) is 24.3 Å². The van der Waals surface area contributed by atoms with Gasteiger partial charge in [-0.3, -0.25) is 9.59 Å². The van der Waals surface area contributed by atoms with Crippen LogP contribution in [0.4, 0.5) is 5.69 Å². The van der Waals surface area contributed by atoms with E-state index >= 15 is 0 Å². The van der Waals surface area contributed by atoms with Crippen LogP contribution in [0.1, 0.15) is 26.3 Å². The first-order valence-corrected chi connectivity index (χ1v) is 12.1. The smallest absolute Gasteiger partial charge is 0.255 e. The highest BCUT2D eigenvalue weighted by Crippen LogP contribution is 2.25. The van der Waals surface area contributed by atoms with Crippen molar-refractivity contribution < 1.29 is 14.3 Å². The van der Waals surface area contributed by atoms with Crippen LogP contribution in [0, 0.1) is 0 Å². The summed E-state index contributed by atoms with van der Waals surface area (Å²) in [5.41, 5.74) is 1.72. The van der Waals surface area contributed by atoms with Crippen molar-refractivity contribution in [3.05, 3.63) is 125 Å². The van der Waals surface area contributed by atoms with Crippen LogP contribution in [-0.2, 0) is 0 Å². The standard InChI is InChI=1S/C28H22ClNO3S/c29-22-13-16-26(25(19-22)27(31)20-7-3-1-4-8-20)30-28(32)21-11-14-23(15-12-21)33-17-18-34-24-9-5-2-6-10-24/h1-16,19H,17-18H2,(H,30,32). The van der Waals surface area contributed by atoms with Gasteiger partial charge in [0.1, 0.15) is 5.75 Å². The molecule has 0 aromatic heterocycles. The van der Waals surface area contributed by atoms with Gasteiger partial charge < -0.3 is 10.1 Å². The molecule has 0 aliphatic rings. The third kappa shape index (κ3) is 6.28. The third-order valence-corrected chi connectivity index (χ3v) is 6.20. The van der Waals surface area contributed by atoms with Crippen molar-refractivity contribution >= 4 is 40.7 Å². The molecule has 0 unspecified atom stereocenters. The molecule has 6 heteroatoms. The Morgan fingerprint density at radius 1 is 0.794 bits per heavy atom. The summed E-state index contributed by atoms with van der Waals surface area (Å²) in [5, 5.41) is 3.25. The Bertz CT molecular complexity index is 1260. The number of hydrogen-bond donors (Lipinski definition) is 1. The van der Waals surface area contributed by atoms with Crippen molar-refractivity contribution in [1.82, 2.24) is 0 Å². The summed E-state index contributed by atoms with van der Waals surface area (Å²) in [7, 11) is 0. The average Bonchev–Trinajstić information content (AvgIpc) is 2.88. The molecule has 1 N–H and O–H groups in total. The van der Waals surface area contributed by atoms with Gasteiger partial charge in [-0.25, -0.2) is 0 Å². The third-order valence-electron chi connectivity index (χ3n) is 4.99. The quantitative estimate of drug-likeness (QED) is 0.157. The van der Waals surface area contributed by atoms with E-state index in [1.165, 1.54) is 4.90 Å². The zero-order valence-corrected chi connectivity index (χ0v) is 19.8. The second-order valence-corrected chi connectivity index (χ2v) is 8.98. The van der Waals surface area contributed by atoms with Crippen LogP contribution in [0.25, 0.3) is 0 Å². The molecule has 0 fully saturated rings. The first-order valence-electron chi connectivity index (χ1n) is 10.7. The maximum absolute atomic E-state index is 13.0. The maximum atomic E-state index is 13.0. The Labute approximate surface area is 207 Å². The summed E-state index contributed by atoms with van der Waals surface area (Å²) in [6, 6.07) is 30.8. The van der Waals surface area contributed by atoms with Crippen LogP contribution in [-0.4, -0.2) is 24.1 Å². The lowest BCUT2D eigenvalue weighted by Gasteiger charge is -2.12. The summed E-state index contributed by atoms with van der Waals surface area (Å²) in [4.78, 5) is 27.0. The molecular weight excluding hydrogens is 466 g/mol. The number of carbonyl (C=O) groups is 2. The minimum absolute atomic E-state index is 0.212. The molecule has 34 heavy (non-hydrogen) atoms. The molecule has 4 rings (SSSR count). The van der Waals surface area contributed by atoms with Gasteiger partial charge in [-0.1, -0.05) is 60.1 Å². The van der Waals surface area contributed by atoms with Gasteiger partial charge >= 0.3 is 0 Å². The zero-order valence-electron chi connectivity index (χ0n) is 18.2. The van der Waals surface area contributed by atoms with Crippen LogP contribution in [0.2, 0.25) is 5.02 Å². The Hall–Kier alpha value is -3.54. The van der Waals surface area contributed by atoms with E-state index in [2.05, 4.69) is 17.4 Å². The number of amides is 1. The van der Waals surface area contributed by atoms with Crippen molar-refractivity contribution in [1.29, 1.82) is 0 Å². The van der Waals surface area contributed by atoms with E-state index in [4.69, 9.17) is 16.3 Å². The Balaban J connectivity index is 1.38. The van der Waals surface area contributed by atoms with E-state index in [0.29, 0.717) is 39.8 Å². The van der Waals surface area contributed by atoms with Gasteiger partial charge in [0, 0.05) is 32.4 Å². The fraction of sp³-hybridized carbons (Fsp3) is 0.0714. The number of carbonyl (C=O) groups excluding carboxylic acids is 2. The van der Waals surface area contributed by atoms with E-state index in [0.717, 1.165) is 5.75 Å². The van der Waals surface area contributed by atoms with Gasteiger partial charge in [0.15, 0.2) is 5.78 Å². The lowest BCUT2D eigenvalue weighted by molar-refractivity contribution is 0.102. The number of ether oxygens (including phenoxy) is 1. The molecule has 0 bridgehead atoms. The lowest BCUT2D eigenvalue weighted by Crippen LogP contribution is -2.15. The van der Waals surface area contributed by atoms with Gasteiger partial charge in [0.05, 0.1) is 12.3 Å². The first-order chi connectivity index (χ1) is 16.6. The molecule has 0 saturated heterocycles. The lowest BCUT2D eigenvalue weighted by atomic mass is 10.0. The van der Waals surface area contributed by atoms with Gasteiger partial charge in [0.2, 0.25) is 0 Å². The highest BCUT2D eigenvalue weighted by molar-refractivity contribution is 7.99. The number of rotatable bonds is 9. The number of anilines is 1. The first kappa shape index (κ1) is 23.6. The fourth-order valence-corrected chi connectivity index (χ4v) is 4.22. The van der Waals surface area contributed by atoms with Gasteiger partial charge in [-0.2, -0.15) is 0 Å². The van der Waals surface area contributed by atoms with Crippen LogP contribution in [0.15, 0.2) is 108 Å². The molecule has 4 aromatic rings. The van der Waals surface area contributed by atoms with Crippen LogP contribution in [0.5, 0.6) is 5.75 Å². The van der Waals surface area contributed by atoms with E-state index in [9.17, 15) is 9.59 Å². The molecular formula is C28H22ClNO3S. The molecule has 0 radical (unpaired) electrons. The maximum Gasteiger partial charge on any atom is 0.255 e. The molecule has 0 heterocycles. The second-order valence-electron chi connectivity index (χ2n) is 7.37. The molecule has 0 spiro atoms. The minimum atomic E-state index is -0.324. The SMILES string of the molecule is O=C(Nc1ccc(Cl)cc1C(=O)c1ccccc1)c1ccc(OCCSc2ccccc2)cc1. The fourth-order valence-electron chi connectivity index (χ4n) is 3.29. The van der Waals surface area contributed by atoms with Crippen molar-refractivity contribution in [2.24, 2.45) is 0 Å². The van der Waals surface area contributed by atoms with Gasteiger partial charge in [-0.15, -0.1) is 11.8 Å². The van der Waals surface area contributed by atoms with E-state index in [1.54, 1.807) is 78.5 Å². The summed E-state index contributed by atoms with van der Waals surface area (Å²) >= 11 is 7.85. The average molecular weight is 488 g/mol. The highest BCUT2D eigenvalue weighted by atomic mass is 35.5. The Morgan fingerprint density at radius 2 is 1.47 bits per heavy atom. The van der Waals surface area contributed by atoms with Crippen molar-refractivity contribution in [2.75, 3.05) is 17.7 Å². The number of hydrogen-bond acceptors (Lipinski definition) is 4. The predicted octanol–water partition coefficient (Wildman–Crippen LogP) is 6.99. The van der Waals surface area contributed by atoms with Crippen molar-refractivity contribution in [3.8, 4) is 5.75 Å². The number of benzene rings is 4. The molecule has 0 aliphatic carbocycles. The van der Waals surface area contributed by atoms with E-state index < -0.39 is 0 Å².